The number of nitrogens with zero attached hydrogens (tertiary/aromatic N) is 1. The van der Waals surface area contributed by atoms with E-state index in [2.05, 4.69) is 15.0 Å². The van der Waals surface area contributed by atoms with Gasteiger partial charge in [0.1, 0.15) is 12.4 Å². The molecule has 0 spiro atoms. The number of hydrogen-bond donors (Lipinski definition) is 1. The second-order valence-electron chi connectivity index (χ2n) is 4.44. The molecular weight excluding hydrogens is 260 g/mol. The zero-order valence-corrected chi connectivity index (χ0v) is 11.6. The Morgan fingerprint density at radius 3 is 2.65 bits per heavy atom. The summed E-state index contributed by atoms with van der Waals surface area (Å²) in [5.41, 5.74) is 0.678. The zero-order valence-electron chi connectivity index (χ0n) is 11.6. The van der Waals surface area contributed by atoms with Crippen LogP contribution in [0.1, 0.15) is 0 Å². The maximum atomic E-state index is 11.0. The minimum absolute atomic E-state index is 0.481. The third kappa shape index (κ3) is 4.71. The molecule has 0 saturated carbocycles. The van der Waals surface area contributed by atoms with Crippen LogP contribution >= 0.6 is 0 Å². The van der Waals surface area contributed by atoms with Crippen molar-refractivity contribution in [2.45, 2.75) is 0 Å². The summed E-state index contributed by atoms with van der Waals surface area (Å²) in [7, 11) is 1.33. The van der Waals surface area contributed by atoms with E-state index in [1.165, 1.54) is 7.11 Å². The lowest BCUT2D eigenvalue weighted by Crippen LogP contribution is -2.38. The third-order valence-electron chi connectivity index (χ3n) is 3.07. The van der Waals surface area contributed by atoms with Crippen molar-refractivity contribution in [2.75, 3.05) is 51.9 Å². The molecule has 1 aromatic carbocycles. The topological polar surface area (TPSA) is 60.0 Å². The largest absolute Gasteiger partial charge is 0.492 e. The van der Waals surface area contributed by atoms with Crippen molar-refractivity contribution in [3.8, 4) is 5.75 Å². The Morgan fingerprint density at radius 2 is 2.00 bits per heavy atom. The molecule has 1 aliphatic heterocycles. The smallest absolute Gasteiger partial charge is 0.411 e. The molecule has 1 heterocycles. The lowest BCUT2D eigenvalue weighted by atomic mass is 10.3. The number of hydrogen-bond acceptors (Lipinski definition) is 5. The number of methoxy groups -OCH3 is 1. The predicted octanol–water partition coefficient (Wildman–Crippen LogP) is 1.58. The van der Waals surface area contributed by atoms with Gasteiger partial charge in [-0.05, 0) is 24.3 Å². The van der Waals surface area contributed by atoms with Crippen LogP contribution in [0.2, 0.25) is 0 Å². The van der Waals surface area contributed by atoms with Crippen LogP contribution in [-0.4, -0.2) is 57.6 Å². The molecule has 1 amide bonds. The van der Waals surface area contributed by atoms with Gasteiger partial charge in [0.15, 0.2) is 0 Å². The number of carbonyl (C=O) groups is 1. The van der Waals surface area contributed by atoms with Gasteiger partial charge in [-0.1, -0.05) is 0 Å². The van der Waals surface area contributed by atoms with Crippen molar-refractivity contribution in [1.29, 1.82) is 0 Å². The molecule has 2 rings (SSSR count). The number of ether oxygens (including phenoxy) is 3. The van der Waals surface area contributed by atoms with E-state index in [9.17, 15) is 4.79 Å². The average Bonchev–Trinajstić information content (AvgIpc) is 2.50. The van der Waals surface area contributed by atoms with Gasteiger partial charge in [0.05, 0.1) is 20.3 Å². The van der Waals surface area contributed by atoms with E-state index in [4.69, 9.17) is 9.47 Å². The fourth-order valence-electron chi connectivity index (χ4n) is 1.92. The summed E-state index contributed by atoms with van der Waals surface area (Å²) < 4.78 is 15.5. The van der Waals surface area contributed by atoms with Crippen LogP contribution in [0.25, 0.3) is 0 Å². The summed E-state index contributed by atoms with van der Waals surface area (Å²) in [6, 6.07) is 7.21. The van der Waals surface area contributed by atoms with Crippen LogP contribution in [-0.2, 0) is 9.47 Å². The maximum absolute atomic E-state index is 11.0. The number of amides is 1. The number of rotatable bonds is 5. The molecule has 0 aromatic heterocycles. The molecule has 1 N–H and O–H groups in total. The molecule has 0 aliphatic carbocycles. The molecule has 1 aliphatic rings. The summed E-state index contributed by atoms with van der Waals surface area (Å²) in [6.45, 7) is 5.06. The highest BCUT2D eigenvalue weighted by Gasteiger charge is 2.09. The highest BCUT2D eigenvalue weighted by molar-refractivity contribution is 5.84. The Morgan fingerprint density at radius 1 is 1.30 bits per heavy atom. The first-order valence-electron chi connectivity index (χ1n) is 6.66. The summed E-state index contributed by atoms with van der Waals surface area (Å²) in [5.74, 6) is 0.786. The van der Waals surface area contributed by atoms with Crippen LogP contribution < -0.4 is 10.1 Å². The van der Waals surface area contributed by atoms with Gasteiger partial charge in [-0.3, -0.25) is 10.2 Å². The lowest BCUT2D eigenvalue weighted by molar-refractivity contribution is 0.0322. The minimum Gasteiger partial charge on any atom is -0.492 e. The van der Waals surface area contributed by atoms with Gasteiger partial charge in [-0.25, -0.2) is 4.79 Å². The fraction of sp³-hybridized carbons (Fsp3) is 0.500. The molecular formula is C14H20N2O4. The highest BCUT2D eigenvalue weighted by Crippen LogP contribution is 2.15. The number of carbonyl (C=O) groups excluding carboxylic acids is 1. The molecule has 1 fully saturated rings. The maximum Gasteiger partial charge on any atom is 0.411 e. The van der Waals surface area contributed by atoms with Crippen molar-refractivity contribution in [3.05, 3.63) is 24.3 Å². The Hall–Kier alpha value is -1.79. The first-order chi connectivity index (χ1) is 9.78. The van der Waals surface area contributed by atoms with E-state index in [0.717, 1.165) is 38.6 Å². The van der Waals surface area contributed by atoms with Gasteiger partial charge in [-0.2, -0.15) is 0 Å². The third-order valence-corrected chi connectivity index (χ3v) is 3.07. The Labute approximate surface area is 118 Å². The summed E-state index contributed by atoms with van der Waals surface area (Å²) in [5, 5.41) is 2.59. The molecule has 6 heteroatoms. The minimum atomic E-state index is -0.481. The second kappa shape index (κ2) is 7.72. The predicted molar refractivity (Wildman–Crippen MR) is 75.2 cm³/mol. The molecule has 110 valence electrons. The van der Waals surface area contributed by atoms with Crippen LogP contribution in [0.4, 0.5) is 10.5 Å². The SMILES string of the molecule is COC(=O)Nc1ccc(OCCN2CCOCC2)cc1. The van der Waals surface area contributed by atoms with Crippen molar-refractivity contribution in [2.24, 2.45) is 0 Å². The normalized spacial score (nSPS) is 15.7. The van der Waals surface area contributed by atoms with Crippen molar-refractivity contribution in [3.63, 3.8) is 0 Å². The van der Waals surface area contributed by atoms with Crippen molar-refractivity contribution < 1.29 is 19.0 Å². The van der Waals surface area contributed by atoms with Crippen LogP contribution in [0.15, 0.2) is 24.3 Å². The first kappa shape index (κ1) is 14.6. The summed E-state index contributed by atoms with van der Waals surface area (Å²) >= 11 is 0. The summed E-state index contributed by atoms with van der Waals surface area (Å²) in [6.07, 6.45) is -0.481. The van der Waals surface area contributed by atoms with Crippen LogP contribution in [0.3, 0.4) is 0 Å². The Bertz CT molecular complexity index is 416. The van der Waals surface area contributed by atoms with Gasteiger partial charge in [0.25, 0.3) is 0 Å². The number of anilines is 1. The fourth-order valence-corrected chi connectivity index (χ4v) is 1.92. The van der Waals surface area contributed by atoms with E-state index in [1.807, 2.05) is 12.1 Å². The van der Waals surface area contributed by atoms with E-state index in [1.54, 1.807) is 12.1 Å². The van der Waals surface area contributed by atoms with Crippen molar-refractivity contribution >= 4 is 11.8 Å². The van der Waals surface area contributed by atoms with Gasteiger partial charge >= 0.3 is 6.09 Å². The molecule has 20 heavy (non-hydrogen) atoms. The quantitative estimate of drug-likeness (QED) is 0.887. The average molecular weight is 280 g/mol. The van der Waals surface area contributed by atoms with Crippen LogP contribution in [0, 0.1) is 0 Å². The molecule has 0 unspecified atom stereocenters. The molecule has 6 nitrogen and oxygen atoms in total. The van der Waals surface area contributed by atoms with Gasteiger partial charge in [0.2, 0.25) is 0 Å². The lowest BCUT2D eigenvalue weighted by Gasteiger charge is -2.26. The standard InChI is InChI=1S/C14H20N2O4/c1-18-14(17)15-12-2-4-13(5-3-12)20-11-8-16-6-9-19-10-7-16/h2-5H,6-11H2,1H3,(H,15,17). The molecule has 1 aromatic rings. The Kier molecular flexibility index (Phi) is 5.64. The van der Waals surface area contributed by atoms with E-state index >= 15 is 0 Å². The zero-order chi connectivity index (χ0) is 14.2. The van der Waals surface area contributed by atoms with Gasteiger partial charge in [0, 0.05) is 25.3 Å². The van der Waals surface area contributed by atoms with Gasteiger partial charge in [-0.15, -0.1) is 0 Å². The van der Waals surface area contributed by atoms with E-state index < -0.39 is 6.09 Å². The number of nitrogens with one attached hydrogen (secondary N) is 1. The molecule has 0 atom stereocenters. The molecule has 0 radical (unpaired) electrons. The van der Waals surface area contributed by atoms with E-state index in [0.29, 0.717) is 12.3 Å². The number of morpholine rings is 1. The van der Waals surface area contributed by atoms with E-state index in [-0.39, 0.29) is 0 Å². The summed E-state index contributed by atoms with van der Waals surface area (Å²) in [4.78, 5) is 13.3. The first-order valence-corrected chi connectivity index (χ1v) is 6.66. The molecule has 0 bridgehead atoms. The monoisotopic (exact) mass is 280 g/mol. The van der Waals surface area contributed by atoms with Crippen molar-refractivity contribution in [1.82, 2.24) is 4.90 Å². The second-order valence-corrected chi connectivity index (χ2v) is 4.44. The molecule has 1 saturated heterocycles. The Balaban J connectivity index is 1.71. The highest BCUT2D eigenvalue weighted by atomic mass is 16.5. The number of benzene rings is 1. The van der Waals surface area contributed by atoms with Crippen LogP contribution in [0.5, 0.6) is 5.75 Å². The van der Waals surface area contributed by atoms with Gasteiger partial charge < -0.3 is 14.2 Å².